The predicted octanol–water partition coefficient (Wildman–Crippen LogP) is 2.09. The van der Waals surface area contributed by atoms with Crippen LogP contribution >= 0.6 is 23.2 Å². The summed E-state index contributed by atoms with van der Waals surface area (Å²) >= 11 is 11.4. The molecule has 1 aromatic heterocycles. The smallest absolute Gasteiger partial charge is 0.256 e. The third-order valence-electron chi connectivity index (χ3n) is 1.46. The number of carbonyl (C=O) groups excluding carboxylic acids is 1. The molecule has 0 unspecified atom stereocenters. The summed E-state index contributed by atoms with van der Waals surface area (Å²) in [5.41, 5.74) is 0.357. The van der Waals surface area contributed by atoms with Crippen molar-refractivity contribution in [2.45, 2.75) is 0 Å². The van der Waals surface area contributed by atoms with Gasteiger partial charge in [0.05, 0.1) is 10.6 Å². The number of nitrogens with zero attached hydrogens (tertiary/aromatic N) is 2. The van der Waals surface area contributed by atoms with Crippen molar-refractivity contribution in [3.05, 3.63) is 28.0 Å². The molecule has 0 radical (unpaired) electrons. The normalized spacial score (nSPS) is 9.85. The van der Waals surface area contributed by atoms with Gasteiger partial charge in [-0.15, -0.1) is 0 Å². The Morgan fingerprint density at radius 1 is 1.46 bits per heavy atom. The minimum atomic E-state index is -0.186. The van der Waals surface area contributed by atoms with Crippen LogP contribution in [0.3, 0.4) is 0 Å². The maximum Gasteiger partial charge on any atom is 0.256 e. The number of hydrogen-bond acceptors (Lipinski definition) is 2. The van der Waals surface area contributed by atoms with Gasteiger partial charge in [-0.05, 0) is 6.07 Å². The average molecular weight is 219 g/mol. The second-order valence-corrected chi connectivity index (χ2v) is 3.48. The van der Waals surface area contributed by atoms with Crippen molar-refractivity contribution in [2.75, 3.05) is 14.1 Å². The molecule has 5 heteroatoms. The van der Waals surface area contributed by atoms with Crippen LogP contribution in [0.25, 0.3) is 0 Å². The van der Waals surface area contributed by atoms with E-state index in [0.717, 1.165) is 0 Å². The van der Waals surface area contributed by atoms with Crippen molar-refractivity contribution >= 4 is 29.1 Å². The second-order valence-electron chi connectivity index (χ2n) is 2.69. The van der Waals surface area contributed by atoms with Gasteiger partial charge in [0, 0.05) is 20.3 Å². The molecule has 0 bridgehead atoms. The van der Waals surface area contributed by atoms with Crippen LogP contribution in [0.4, 0.5) is 0 Å². The number of aromatic nitrogens is 1. The van der Waals surface area contributed by atoms with Gasteiger partial charge in [-0.3, -0.25) is 4.79 Å². The van der Waals surface area contributed by atoms with E-state index in [1.54, 1.807) is 14.1 Å². The number of carbonyl (C=O) groups is 1. The van der Waals surface area contributed by atoms with E-state index < -0.39 is 0 Å². The van der Waals surface area contributed by atoms with Crippen molar-refractivity contribution in [2.24, 2.45) is 0 Å². The van der Waals surface area contributed by atoms with E-state index in [2.05, 4.69) is 4.98 Å². The second kappa shape index (κ2) is 3.94. The van der Waals surface area contributed by atoms with Gasteiger partial charge in [-0.1, -0.05) is 23.2 Å². The summed E-state index contributed by atoms with van der Waals surface area (Å²) in [4.78, 5) is 16.6. The lowest BCUT2D eigenvalue weighted by Gasteiger charge is -2.10. The molecule has 0 N–H and O–H groups in total. The van der Waals surface area contributed by atoms with Gasteiger partial charge in [0.15, 0.2) is 0 Å². The van der Waals surface area contributed by atoms with Crippen LogP contribution < -0.4 is 0 Å². The zero-order chi connectivity index (χ0) is 10.0. The van der Waals surface area contributed by atoms with Gasteiger partial charge in [-0.2, -0.15) is 0 Å². The Balaban J connectivity index is 3.09. The fraction of sp³-hybridized carbons (Fsp3) is 0.250. The molecule has 1 heterocycles. The number of amides is 1. The number of hydrogen-bond donors (Lipinski definition) is 0. The number of rotatable bonds is 1. The summed E-state index contributed by atoms with van der Waals surface area (Å²) in [6.45, 7) is 0. The molecule has 1 rings (SSSR count). The van der Waals surface area contributed by atoms with E-state index in [4.69, 9.17) is 23.2 Å². The Bertz CT molecular complexity index is 339. The van der Waals surface area contributed by atoms with E-state index >= 15 is 0 Å². The third-order valence-corrected chi connectivity index (χ3v) is 1.98. The molecule has 0 aromatic carbocycles. The molecule has 0 saturated heterocycles. The molecule has 0 saturated carbocycles. The van der Waals surface area contributed by atoms with Crippen LogP contribution in [0, 0.1) is 0 Å². The Kier molecular flexibility index (Phi) is 3.12. The van der Waals surface area contributed by atoms with E-state index in [1.165, 1.54) is 17.2 Å². The zero-order valence-electron chi connectivity index (χ0n) is 7.21. The first kappa shape index (κ1) is 10.3. The van der Waals surface area contributed by atoms with Gasteiger partial charge in [0.2, 0.25) is 0 Å². The van der Waals surface area contributed by atoms with Gasteiger partial charge in [0.25, 0.3) is 5.91 Å². The lowest BCUT2D eigenvalue weighted by Crippen LogP contribution is -2.22. The highest BCUT2D eigenvalue weighted by atomic mass is 35.5. The molecule has 0 spiro atoms. The molecule has 0 fully saturated rings. The summed E-state index contributed by atoms with van der Waals surface area (Å²) in [6, 6.07) is 1.44. The van der Waals surface area contributed by atoms with Crippen LogP contribution in [0.2, 0.25) is 10.2 Å². The van der Waals surface area contributed by atoms with Gasteiger partial charge >= 0.3 is 0 Å². The van der Waals surface area contributed by atoms with Crippen molar-refractivity contribution in [3.63, 3.8) is 0 Å². The minimum Gasteiger partial charge on any atom is -0.345 e. The first-order valence-corrected chi connectivity index (χ1v) is 4.30. The SMILES string of the molecule is CN(C)C(=O)c1cnc(Cl)cc1Cl. The standard InChI is InChI=1S/C8H8Cl2N2O/c1-12(2)8(13)5-4-11-7(10)3-6(5)9/h3-4H,1-2H3. The molecule has 0 atom stereocenters. The van der Waals surface area contributed by atoms with Gasteiger partial charge < -0.3 is 4.90 Å². The maximum atomic E-state index is 11.4. The molecule has 0 aliphatic heterocycles. The predicted molar refractivity (Wildman–Crippen MR) is 52.3 cm³/mol. The zero-order valence-corrected chi connectivity index (χ0v) is 8.73. The summed E-state index contributed by atoms with van der Waals surface area (Å²) in [5.74, 6) is -0.186. The molecule has 0 aliphatic carbocycles. The molecule has 13 heavy (non-hydrogen) atoms. The van der Waals surface area contributed by atoms with Crippen molar-refractivity contribution < 1.29 is 4.79 Å². The molecular weight excluding hydrogens is 211 g/mol. The van der Waals surface area contributed by atoms with Crippen LogP contribution in [0.1, 0.15) is 10.4 Å². The van der Waals surface area contributed by atoms with Crippen molar-refractivity contribution in [3.8, 4) is 0 Å². The lowest BCUT2D eigenvalue weighted by atomic mass is 10.2. The maximum absolute atomic E-state index is 11.4. The Labute approximate surface area is 86.3 Å². The van der Waals surface area contributed by atoms with Crippen molar-refractivity contribution in [1.82, 2.24) is 9.88 Å². The van der Waals surface area contributed by atoms with Gasteiger partial charge in [-0.25, -0.2) is 4.98 Å². The highest BCUT2D eigenvalue weighted by Gasteiger charge is 2.12. The molecule has 0 aliphatic rings. The van der Waals surface area contributed by atoms with Crippen LogP contribution in [-0.4, -0.2) is 29.9 Å². The largest absolute Gasteiger partial charge is 0.345 e. The summed E-state index contributed by atoms with van der Waals surface area (Å²) in [7, 11) is 3.29. The van der Waals surface area contributed by atoms with E-state index in [9.17, 15) is 4.79 Å². The highest BCUT2D eigenvalue weighted by Crippen LogP contribution is 2.19. The quantitative estimate of drug-likeness (QED) is 0.677. The topological polar surface area (TPSA) is 33.2 Å². The van der Waals surface area contributed by atoms with E-state index in [1.807, 2.05) is 0 Å². The lowest BCUT2D eigenvalue weighted by molar-refractivity contribution is 0.0827. The molecule has 1 amide bonds. The average Bonchev–Trinajstić information content (AvgIpc) is 2.03. The summed E-state index contributed by atoms with van der Waals surface area (Å²) in [6.07, 6.45) is 1.37. The third kappa shape index (κ3) is 2.32. The summed E-state index contributed by atoms with van der Waals surface area (Å²) in [5, 5.41) is 0.596. The first-order valence-electron chi connectivity index (χ1n) is 3.55. The van der Waals surface area contributed by atoms with E-state index in [-0.39, 0.29) is 11.1 Å². The fourth-order valence-corrected chi connectivity index (χ4v) is 1.25. The number of halogens is 2. The van der Waals surface area contributed by atoms with Crippen LogP contribution in [-0.2, 0) is 0 Å². The van der Waals surface area contributed by atoms with E-state index in [0.29, 0.717) is 10.6 Å². The Morgan fingerprint density at radius 2 is 2.08 bits per heavy atom. The molecule has 3 nitrogen and oxygen atoms in total. The van der Waals surface area contributed by atoms with Crippen LogP contribution in [0.15, 0.2) is 12.3 Å². The molecule has 70 valence electrons. The molecular formula is C8H8Cl2N2O. The van der Waals surface area contributed by atoms with Gasteiger partial charge in [0.1, 0.15) is 5.15 Å². The number of pyridine rings is 1. The first-order chi connectivity index (χ1) is 6.02. The Morgan fingerprint density at radius 3 is 2.54 bits per heavy atom. The highest BCUT2D eigenvalue weighted by molar-refractivity contribution is 6.36. The molecule has 1 aromatic rings. The Hall–Kier alpha value is -0.800. The van der Waals surface area contributed by atoms with Crippen LogP contribution in [0.5, 0.6) is 0 Å². The fourth-order valence-electron chi connectivity index (χ4n) is 0.806. The minimum absolute atomic E-state index is 0.186. The monoisotopic (exact) mass is 218 g/mol. The van der Waals surface area contributed by atoms with Crippen molar-refractivity contribution in [1.29, 1.82) is 0 Å². The summed E-state index contributed by atoms with van der Waals surface area (Å²) < 4.78 is 0.